The third-order valence-corrected chi connectivity index (χ3v) is 3.75. The fraction of sp³-hybridized carbons (Fsp3) is 0.222. The van der Waals surface area contributed by atoms with Gasteiger partial charge in [-0.3, -0.25) is 4.79 Å². The van der Waals surface area contributed by atoms with Crippen LogP contribution in [-0.4, -0.2) is 30.8 Å². The van der Waals surface area contributed by atoms with Crippen LogP contribution in [0.1, 0.15) is 15.9 Å². The monoisotopic (exact) mass is 311 g/mol. The van der Waals surface area contributed by atoms with E-state index >= 15 is 0 Å². The Morgan fingerprint density at radius 3 is 2.35 bits per heavy atom. The molecule has 5 nitrogen and oxygen atoms in total. The lowest BCUT2D eigenvalue weighted by atomic mass is 9.90. The lowest BCUT2D eigenvalue weighted by Crippen LogP contribution is -2.62. The van der Waals surface area contributed by atoms with Gasteiger partial charge in [0.25, 0.3) is 5.91 Å². The number of nitrogens with one attached hydrogen (secondary N) is 1. The van der Waals surface area contributed by atoms with Gasteiger partial charge in [-0.05, 0) is 17.7 Å². The number of hydrogen-bond donors (Lipinski definition) is 1. The molecule has 1 atom stereocenters. The van der Waals surface area contributed by atoms with Gasteiger partial charge in [0.15, 0.2) is 12.3 Å². The number of carbonyl (C=O) groups is 2. The van der Waals surface area contributed by atoms with Crippen LogP contribution < -0.4 is 5.32 Å². The van der Waals surface area contributed by atoms with Crippen LogP contribution in [0.2, 0.25) is 0 Å². The Labute approximate surface area is 134 Å². The summed E-state index contributed by atoms with van der Waals surface area (Å²) < 4.78 is 10.3. The van der Waals surface area contributed by atoms with Crippen molar-refractivity contribution < 1.29 is 19.1 Å². The maximum Gasteiger partial charge on any atom is 0.336 e. The Kier molecular flexibility index (Phi) is 4.39. The Balaban J connectivity index is 1.86. The zero-order valence-corrected chi connectivity index (χ0v) is 12.5. The molecule has 0 aromatic heterocycles. The highest BCUT2D eigenvalue weighted by Gasteiger charge is 2.44. The van der Waals surface area contributed by atoms with Crippen molar-refractivity contribution in [2.75, 3.05) is 13.4 Å². The molecule has 0 saturated carbocycles. The van der Waals surface area contributed by atoms with Gasteiger partial charge in [0.05, 0.1) is 6.61 Å². The summed E-state index contributed by atoms with van der Waals surface area (Å²) in [6, 6.07) is 18.2. The number of carbonyl (C=O) groups excluding carboxylic acids is 2. The Morgan fingerprint density at radius 2 is 1.70 bits per heavy atom. The molecule has 0 bridgehead atoms. The minimum Gasteiger partial charge on any atom is -0.437 e. The van der Waals surface area contributed by atoms with Crippen LogP contribution in [0.5, 0.6) is 0 Å². The smallest absolute Gasteiger partial charge is 0.336 e. The van der Waals surface area contributed by atoms with E-state index in [-0.39, 0.29) is 19.3 Å². The molecule has 5 heteroatoms. The van der Waals surface area contributed by atoms with E-state index in [1.54, 1.807) is 24.3 Å². The first-order chi connectivity index (χ1) is 11.2. The quantitative estimate of drug-likeness (QED) is 0.876. The van der Waals surface area contributed by atoms with Gasteiger partial charge in [0.1, 0.15) is 0 Å². The van der Waals surface area contributed by atoms with Gasteiger partial charge in [-0.2, -0.15) is 0 Å². The molecule has 1 fully saturated rings. The number of hydrogen-bond acceptors (Lipinski definition) is 4. The third kappa shape index (κ3) is 3.40. The van der Waals surface area contributed by atoms with Crippen molar-refractivity contribution in [2.45, 2.75) is 12.0 Å². The number of esters is 1. The number of cyclic esters (lactones) is 1. The molecule has 2 aromatic rings. The third-order valence-electron chi connectivity index (χ3n) is 3.75. The fourth-order valence-electron chi connectivity index (χ4n) is 2.59. The van der Waals surface area contributed by atoms with Crippen LogP contribution in [0.4, 0.5) is 0 Å². The zero-order valence-electron chi connectivity index (χ0n) is 12.5. The van der Waals surface area contributed by atoms with E-state index in [0.717, 1.165) is 5.56 Å². The first-order valence-corrected chi connectivity index (χ1v) is 7.36. The molecular weight excluding hydrogens is 294 g/mol. The van der Waals surface area contributed by atoms with Gasteiger partial charge in [-0.25, -0.2) is 4.79 Å². The largest absolute Gasteiger partial charge is 0.437 e. The van der Waals surface area contributed by atoms with Gasteiger partial charge in [-0.15, -0.1) is 0 Å². The maximum absolute atomic E-state index is 12.5. The number of rotatable bonds is 4. The summed E-state index contributed by atoms with van der Waals surface area (Å²) in [6.07, 6.45) is 0.311. The molecule has 23 heavy (non-hydrogen) atoms. The second-order valence-electron chi connectivity index (χ2n) is 5.46. The summed E-state index contributed by atoms with van der Waals surface area (Å²) in [5, 5.41) is 2.81. The van der Waals surface area contributed by atoms with E-state index < -0.39 is 11.5 Å². The van der Waals surface area contributed by atoms with Crippen molar-refractivity contribution in [3.63, 3.8) is 0 Å². The van der Waals surface area contributed by atoms with Crippen molar-refractivity contribution in [3.05, 3.63) is 71.8 Å². The summed E-state index contributed by atoms with van der Waals surface area (Å²) in [5.41, 5.74) is 0.189. The standard InChI is InChI=1S/C18H17NO4/c20-16(15-9-5-2-6-10-15)19-18(12-22-13-23-17(18)21)11-14-7-3-1-4-8-14/h1-10H,11-13H2,(H,19,20). The Bertz CT molecular complexity index is 687. The molecular formula is C18H17NO4. The maximum atomic E-state index is 12.5. The fourth-order valence-corrected chi connectivity index (χ4v) is 2.59. The lowest BCUT2D eigenvalue weighted by Gasteiger charge is -2.35. The van der Waals surface area contributed by atoms with Gasteiger partial charge in [0.2, 0.25) is 0 Å². The highest BCUT2D eigenvalue weighted by Crippen LogP contribution is 2.21. The predicted octanol–water partition coefficient (Wildman–Crippen LogP) is 1.93. The first-order valence-electron chi connectivity index (χ1n) is 7.36. The van der Waals surface area contributed by atoms with Crippen molar-refractivity contribution in [3.8, 4) is 0 Å². The molecule has 1 N–H and O–H groups in total. The molecule has 1 amide bonds. The Hall–Kier alpha value is -2.66. The zero-order chi connectivity index (χ0) is 16.1. The van der Waals surface area contributed by atoms with Crippen LogP contribution in [0.15, 0.2) is 60.7 Å². The topological polar surface area (TPSA) is 64.6 Å². The highest BCUT2D eigenvalue weighted by atomic mass is 16.7. The number of benzene rings is 2. The number of ether oxygens (including phenoxy) is 2. The molecule has 3 rings (SSSR count). The molecule has 1 heterocycles. The summed E-state index contributed by atoms with van der Waals surface area (Å²) >= 11 is 0. The van der Waals surface area contributed by atoms with Crippen LogP contribution in [0.25, 0.3) is 0 Å². The first kappa shape index (κ1) is 15.2. The van der Waals surface area contributed by atoms with E-state index in [1.807, 2.05) is 36.4 Å². The minimum absolute atomic E-state index is 0.0826. The average Bonchev–Trinajstić information content (AvgIpc) is 2.59. The van der Waals surface area contributed by atoms with Gasteiger partial charge >= 0.3 is 5.97 Å². The molecule has 1 saturated heterocycles. The molecule has 1 unspecified atom stereocenters. The van der Waals surface area contributed by atoms with Crippen molar-refractivity contribution in [1.29, 1.82) is 0 Å². The predicted molar refractivity (Wildman–Crippen MR) is 83.7 cm³/mol. The second kappa shape index (κ2) is 6.62. The molecule has 1 aliphatic heterocycles. The van der Waals surface area contributed by atoms with Crippen molar-refractivity contribution in [2.24, 2.45) is 0 Å². The van der Waals surface area contributed by atoms with Gasteiger partial charge < -0.3 is 14.8 Å². The Morgan fingerprint density at radius 1 is 1.04 bits per heavy atom. The van der Waals surface area contributed by atoms with Crippen molar-refractivity contribution in [1.82, 2.24) is 5.32 Å². The summed E-state index contributed by atoms with van der Waals surface area (Å²) in [5.74, 6) is -0.805. The van der Waals surface area contributed by atoms with E-state index in [0.29, 0.717) is 12.0 Å². The number of amides is 1. The highest BCUT2D eigenvalue weighted by molar-refractivity contribution is 5.98. The normalized spacial score (nSPS) is 20.6. The molecule has 1 aliphatic rings. The second-order valence-corrected chi connectivity index (χ2v) is 5.46. The van der Waals surface area contributed by atoms with Gasteiger partial charge in [-0.1, -0.05) is 48.5 Å². The van der Waals surface area contributed by atoms with Crippen LogP contribution in [0, 0.1) is 0 Å². The molecule has 2 aromatic carbocycles. The SMILES string of the molecule is O=C(NC1(Cc2ccccc2)COCOC1=O)c1ccccc1. The van der Waals surface area contributed by atoms with Crippen LogP contribution in [0.3, 0.4) is 0 Å². The summed E-state index contributed by atoms with van der Waals surface area (Å²) in [7, 11) is 0. The van der Waals surface area contributed by atoms with E-state index in [4.69, 9.17) is 9.47 Å². The van der Waals surface area contributed by atoms with E-state index in [9.17, 15) is 9.59 Å². The minimum atomic E-state index is -1.22. The molecule has 0 spiro atoms. The van der Waals surface area contributed by atoms with Crippen molar-refractivity contribution >= 4 is 11.9 Å². The molecule has 118 valence electrons. The van der Waals surface area contributed by atoms with Gasteiger partial charge in [0, 0.05) is 12.0 Å². The van der Waals surface area contributed by atoms with E-state index in [2.05, 4.69) is 5.32 Å². The lowest BCUT2D eigenvalue weighted by molar-refractivity contribution is -0.184. The summed E-state index contributed by atoms with van der Waals surface area (Å²) in [6.45, 7) is -0.00409. The van der Waals surface area contributed by atoms with Crippen LogP contribution in [-0.2, 0) is 20.7 Å². The average molecular weight is 311 g/mol. The summed E-state index contributed by atoms with van der Waals surface area (Å²) in [4.78, 5) is 24.8. The molecule has 0 radical (unpaired) electrons. The van der Waals surface area contributed by atoms with E-state index in [1.165, 1.54) is 0 Å². The van der Waals surface area contributed by atoms with Crippen LogP contribution >= 0.6 is 0 Å². The molecule has 0 aliphatic carbocycles.